The molecule has 0 spiro atoms. The Balaban J connectivity index is 1.86. The number of thiophene rings is 1. The lowest BCUT2D eigenvalue weighted by Crippen LogP contribution is -2.34. The summed E-state index contributed by atoms with van der Waals surface area (Å²) in [5.74, 6) is 0. The maximum Gasteiger partial charge on any atom is 0.393 e. The Kier molecular flexibility index (Phi) is 5.90. The number of carbonyl (C=O) groups excluding carboxylic acids is 1. The van der Waals surface area contributed by atoms with Gasteiger partial charge in [0.25, 0.3) is 0 Å². The maximum absolute atomic E-state index is 12.5. The zero-order valence-electron chi connectivity index (χ0n) is 11.9. The average molecular weight is 363 g/mol. The molecule has 23 heavy (non-hydrogen) atoms. The Hall–Kier alpha value is -1.73. The molecule has 1 heterocycles. The lowest BCUT2D eigenvalue weighted by atomic mass is 10.0. The van der Waals surface area contributed by atoms with E-state index in [9.17, 15) is 18.0 Å². The molecule has 3 nitrogen and oxygen atoms in total. The van der Waals surface area contributed by atoms with Crippen molar-refractivity contribution >= 4 is 29.0 Å². The number of halogens is 4. The van der Waals surface area contributed by atoms with Crippen LogP contribution in [0.2, 0.25) is 4.34 Å². The molecule has 0 radical (unpaired) electrons. The first-order valence-corrected chi connectivity index (χ1v) is 7.92. The van der Waals surface area contributed by atoms with Crippen LogP contribution in [-0.4, -0.2) is 12.2 Å². The second-order valence-electron chi connectivity index (χ2n) is 4.80. The van der Waals surface area contributed by atoms with Gasteiger partial charge in [-0.25, -0.2) is 4.79 Å². The van der Waals surface area contributed by atoms with Gasteiger partial charge in [0.2, 0.25) is 0 Å². The molecule has 2 amide bonds. The Labute approximate surface area is 140 Å². The van der Waals surface area contributed by atoms with E-state index in [2.05, 4.69) is 10.6 Å². The predicted molar refractivity (Wildman–Crippen MR) is 84.6 cm³/mol. The second kappa shape index (κ2) is 7.70. The minimum Gasteiger partial charge on any atom is -0.334 e. The van der Waals surface area contributed by atoms with E-state index in [1.807, 2.05) is 0 Å². The molecule has 1 aromatic heterocycles. The predicted octanol–water partition coefficient (Wildman–Crippen LogP) is 4.51. The Morgan fingerprint density at radius 3 is 2.30 bits per heavy atom. The minimum atomic E-state index is -4.28. The summed E-state index contributed by atoms with van der Waals surface area (Å²) in [4.78, 5) is 12.6. The first-order chi connectivity index (χ1) is 10.8. The number of carbonyl (C=O) groups is 1. The van der Waals surface area contributed by atoms with E-state index >= 15 is 0 Å². The van der Waals surface area contributed by atoms with Crippen LogP contribution in [0.15, 0.2) is 36.4 Å². The molecule has 0 aliphatic rings. The van der Waals surface area contributed by atoms with Crippen molar-refractivity contribution in [3.8, 4) is 0 Å². The van der Waals surface area contributed by atoms with E-state index in [1.54, 1.807) is 30.3 Å². The number of nitrogens with one attached hydrogen (secondary N) is 2. The van der Waals surface area contributed by atoms with Crippen LogP contribution < -0.4 is 10.6 Å². The summed E-state index contributed by atoms with van der Waals surface area (Å²) in [5, 5.41) is 5.19. The Morgan fingerprint density at radius 1 is 1.04 bits per heavy atom. The zero-order valence-corrected chi connectivity index (χ0v) is 13.5. The summed E-state index contributed by atoms with van der Waals surface area (Å²) < 4.78 is 38.2. The van der Waals surface area contributed by atoms with Crippen molar-refractivity contribution in [3.05, 3.63) is 56.7 Å². The SMILES string of the molecule is O=C(NCc1ccc(Cl)s1)NCc1ccccc1CC(F)(F)F. The fraction of sp³-hybridized carbons (Fsp3) is 0.267. The molecular weight excluding hydrogens is 349 g/mol. The van der Waals surface area contributed by atoms with Gasteiger partial charge in [-0.2, -0.15) is 13.2 Å². The Bertz CT molecular complexity index is 673. The van der Waals surface area contributed by atoms with Crippen LogP contribution >= 0.6 is 22.9 Å². The van der Waals surface area contributed by atoms with Crippen molar-refractivity contribution < 1.29 is 18.0 Å². The molecule has 2 aromatic rings. The van der Waals surface area contributed by atoms with Gasteiger partial charge >= 0.3 is 12.2 Å². The van der Waals surface area contributed by atoms with Crippen molar-refractivity contribution in [2.45, 2.75) is 25.7 Å². The van der Waals surface area contributed by atoms with Gasteiger partial charge in [-0.15, -0.1) is 11.3 Å². The second-order valence-corrected chi connectivity index (χ2v) is 6.60. The first kappa shape index (κ1) is 17.6. The van der Waals surface area contributed by atoms with Crippen LogP contribution in [0.5, 0.6) is 0 Å². The molecule has 0 aliphatic carbocycles. The van der Waals surface area contributed by atoms with Crippen LogP contribution in [0, 0.1) is 0 Å². The lowest BCUT2D eigenvalue weighted by Gasteiger charge is -2.13. The lowest BCUT2D eigenvalue weighted by molar-refractivity contribution is -0.127. The molecule has 2 rings (SSSR count). The third-order valence-electron chi connectivity index (χ3n) is 3.00. The van der Waals surface area contributed by atoms with E-state index in [4.69, 9.17) is 11.6 Å². The normalized spacial score (nSPS) is 11.3. The molecule has 0 bridgehead atoms. The molecule has 0 saturated heterocycles. The smallest absolute Gasteiger partial charge is 0.334 e. The quantitative estimate of drug-likeness (QED) is 0.807. The number of hydrogen-bond donors (Lipinski definition) is 2. The van der Waals surface area contributed by atoms with Gasteiger partial charge in [-0.3, -0.25) is 0 Å². The van der Waals surface area contributed by atoms with Crippen molar-refractivity contribution in [3.63, 3.8) is 0 Å². The highest BCUT2D eigenvalue weighted by Crippen LogP contribution is 2.23. The Morgan fingerprint density at radius 2 is 1.70 bits per heavy atom. The molecule has 0 unspecified atom stereocenters. The number of hydrogen-bond acceptors (Lipinski definition) is 2. The molecule has 2 N–H and O–H groups in total. The van der Waals surface area contributed by atoms with Crippen LogP contribution in [0.4, 0.5) is 18.0 Å². The summed E-state index contributed by atoms with van der Waals surface area (Å²) in [5.41, 5.74) is 0.601. The van der Waals surface area contributed by atoms with Crippen LogP contribution in [0.25, 0.3) is 0 Å². The third-order valence-corrected chi connectivity index (χ3v) is 4.23. The first-order valence-electron chi connectivity index (χ1n) is 6.73. The summed E-state index contributed by atoms with van der Waals surface area (Å²) in [6.07, 6.45) is -5.29. The molecule has 1 aromatic carbocycles. The van der Waals surface area contributed by atoms with Gasteiger partial charge in [0, 0.05) is 11.4 Å². The van der Waals surface area contributed by atoms with Gasteiger partial charge in [0.05, 0.1) is 17.3 Å². The third kappa shape index (κ3) is 6.11. The molecule has 0 atom stereocenters. The number of rotatable bonds is 5. The van der Waals surface area contributed by atoms with Gasteiger partial charge in [0.15, 0.2) is 0 Å². The van der Waals surface area contributed by atoms with Crippen LogP contribution in [-0.2, 0) is 19.5 Å². The van der Waals surface area contributed by atoms with Crippen LogP contribution in [0.3, 0.4) is 0 Å². The van der Waals surface area contributed by atoms with Gasteiger partial charge in [-0.1, -0.05) is 35.9 Å². The molecule has 0 fully saturated rings. The fourth-order valence-corrected chi connectivity index (χ4v) is 3.00. The van der Waals surface area contributed by atoms with Gasteiger partial charge in [-0.05, 0) is 23.3 Å². The van der Waals surface area contributed by atoms with Crippen molar-refractivity contribution in [2.24, 2.45) is 0 Å². The highest BCUT2D eigenvalue weighted by molar-refractivity contribution is 7.16. The number of benzene rings is 1. The molecule has 0 aliphatic heterocycles. The molecule has 124 valence electrons. The van der Waals surface area contributed by atoms with Crippen molar-refractivity contribution in [1.82, 2.24) is 10.6 Å². The summed E-state index contributed by atoms with van der Waals surface area (Å²) in [6.45, 7) is 0.344. The summed E-state index contributed by atoms with van der Waals surface area (Å²) in [7, 11) is 0. The van der Waals surface area contributed by atoms with E-state index < -0.39 is 18.6 Å². The van der Waals surface area contributed by atoms with Gasteiger partial charge in [0.1, 0.15) is 0 Å². The van der Waals surface area contributed by atoms with E-state index in [1.165, 1.54) is 17.4 Å². The average Bonchev–Trinajstić information content (AvgIpc) is 2.88. The topological polar surface area (TPSA) is 41.1 Å². The van der Waals surface area contributed by atoms with Crippen molar-refractivity contribution in [1.29, 1.82) is 0 Å². The van der Waals surface area contributed by atoms with E-state index in [0.717, 1.165) is 4.88 Å². The standard InChI is InChI=1S/C15H14ClF3N2OS/c16-13-6-5-12(23-13)9-21-14(22)20-8-11-4-2-1-3-10(11)7-15(17,18)19/h1-6H,7-9H2,(H2,20,21,22). The molecule has 0 saturated carbocycles. The number of urea groups is 1. The van der Waals surface area contributed by atoms with E-state index in [-0.39, 0.29) is 12.1 Å². The monoisotopic (exact) mass is 362 g/mol. The fourth-order valence-electron chi connectivity index (χ4n) is 1.97. The van der Waals surface area contributed by atoms with Gasteiger partial charge < -0.3 is 10.6 Å². The minimum absolute atomic E-state index is 0.0310. The summed E-state index contributed by atoms with van der Waals surface area (Å²) >= 11 is 7.14. The molecule has 8 heteroatoms. The highest BCUT2D eigenvalue weighted by atomic mass is 35.5. The maximum atomic E-state index is 12.5. The van der Waals surface area contributed by atoms with Crippen LogP contribution in [0.1, 0.15) is 16.0 Å². The van der Waals surface area contributed by atoms with Crippen molar-refractivity contribution in [2.75, 3.05) is 0 Å². The largest absolute Gasteiger partial charge is 0.393 e. The van der Waals surface area contributed by atoms with E-state index in [0.29, 0.717) is 16.4 Å². The summed E-state index contributed by atoms with van der Waals surface area (Å²) in [6, 6.07) is 9.25. The number of amides is 2. The molecular formula is C15H14ClF3N2OS. The number of alkyl halides is 3. The highest BCUT2D eigenvalue weighted by Gasteiger charge is 2.28. The zero-order chi connectivity index (χ0) is 16.9.